The number of rotatable bonds is 6. The maximum absolute atomic E-state index is 14.5. The standard InChI is InChI=1S/C34H31Cl2F2N5O2/c1-19(37)32(44)42-12-9-28-29(42)17-43(28)31-24-13-26(36)23(22-7-2-5-20-6-3-8-25(35)30(20)22)14-27(24)39-33(40-31)45-18-34-10-4-11-41(34)16-21(38)15-34/h2-3,5-8,13-14,21,28-29H,1,4,9-12,15-18H2/t21-,28?,29-,34+/m1/s1. The lowest BCUT2D eigenvalue weighted by Crippen LogP contribution is -2.63. The fourth-order valence-corrected chi connectivity index (χ4v) is 8.59. The van der Waals surface area contributed by atoms with Crippen LogP contribution in [0.25, 0.3) is 32.8 Å². The molecule has 7 nitrogen and oxygen atoms in total. The number of anilines is 1. The fraction of sp³-hybridized carbons (Fsp3) is 0.382. The second-order valence-corrected chi connectivity index (χ2v) is 13.5. The zero-order valence-corrected chi connectivity index (χ0v) is 26.0. The zero-order valence-electron chi connectivity index (χ0n) is 24.5. The average molecular weight is 651 g/mol. The van der Waals surface area contributed by atoms with E-state index >= 15 is 0 Å². The van der Waals surface area contributed by atoms with Gasteiger partial charge >= 0.3 is 6.01 Å². The first-order chi connectivity index (χ1) is 21.7. The van der Waals surface area contributed by atoms with Crippen LogP contribution in [0.4, 0.5) is 14.6 Å². The van der Waals surface area contributed by atoms with Crippen molar-refractivity contribution in [3.8, 4) is 17.1 Å². The van der Waals surface area contributed by atoms with Gasteiger partial charge in [-0.1, -0.05) is 60.1 Å². The molecule has 4 atom stereocenters. The van der Waals surface area contributed by atoms with E-state index in [0.717, 1.165) is 46.7 Å². The van der Waals surface area contributed by atoms with Gasteiger partial charge in [0, 0.05) is 52.4 Å². The molecule has 4 saturated heterocycles. The molecule has 4 aliphatic rings. The van der Waals surface area contributed by atoms with Gasteiger partial charge in [-0.2, -0.15) is 9.97 Å². The number of likely N-dealkylation sites (tertiary alicyclic amines) is 1. The van der Waals surface area contributed by atoms with Gasteiger partial charge in [-0.3, -0.25) is 9.69 Å². The Morgan fingerprint density at radius 1 is 1.04 bits per heavy atom. The first kappa shape index (κ1) is 28.9. The van der Waals surface area contributed by atoms with Crippen LogP contribution in [0.3, 0.4) is 0 Å². The van der Waals surface area contributed by atoms with Crippen molar-refractivity contribution in [2.75, 3.05) is 37.7 Å². The number of nitrogens with zero attached hydrogens (tertiary/aromatic N) is 5. The largest absolute Gasteiger partial charge is 0.461 e. The highest BCUT2D eigenvalue weighted by Gasteiger charge is 2.51. The van der Waals surface area contributed by atoms with Gasteiger partial charge in [-0.05, 0) is 55.0 Å². The maximum atomic E-state index is 14.5. The fourth-order valence-electron chi connectivity index (χ4n) is 8.04. The summed E-state index contributed by atoms with van der Waals surface area (Å²) in [4.78, 5) is 28.1. The topological polar surface area (TPSA) is 61.8 Å². The predicted molar refractivity (Wildman–Crippen MR) is 173 cm³/mol. The molecule has 0 N–H and O–H groups in total. The molecule has 0 radical (unpaired) electrons. The van der Waals surface area contributed by atoms with E-state index in [-0.39, 0.29) is 23.6 Å². The number of amides is 1. The van der Waals surface area contributed by atoms with Gasteiger partial charge in [-0.25, -0.2) is 8.78 Å². The number of fused-ring (bicyclic) bond motifs is 4. The third-order valence-electron chi connectivity index (χ3n) is 10.2. The van der Waals surface area contributed by atoms with Crippen LogP contribution >= 0.6 is 23.2 Å². The second kappa shape index (κ2) is 10.8. The molecule has 0 saturated carbocycles. The summed E-state index contributed by atoms with van der Waals surface area (Å²) in [6.45, 7) is 5.71. The molecule has 0 bridgehead atoms. The molecule has 8 rings (SSSR count). The second-order valence-electron chi connectivity index (χ2n) is 12.7. The van der Waals surface area contributed by atoms with E-state index in [9.17, 15) is 13.6 Å². The van der Waals surface area contributed by atoms with E-state index < -0.39 is 17.9 Å². The van der Waals surface area contributed by atoms with E-state index in [0.29, 0.717) is 60.5 Å². The van der Waals surface area contributed by atoms with E-state index in [4.69, 9.17) is 37.9 Å². The van der Waals surface area contributed by atoms with Crippen molar-refractivity contribution in [1.82, 2.24) is 19.8 Å². The average Bonchev–Trinajstić information content (AvgIpc) is 3.65. The van der Waals surface area contributed by atoms with Gasteiger partial charge in [0.25, 0.3) is 5.91 Å². The highest BCUT2D eigenvalue weighted by atomic mass is 35.5. The molecule has 0 spiro atoms. The number of halogens is 4. The Balaban J connectivity index is 1.21. The van der Waals surface area contributed by atoms with Gasteiger partial charge in [0.2, 0.25) is 0 Å². The lowest BCUT2D eigenvalue weighted by Gasteiger charge is -2.47. The minimum atomic E-state index is -0.951. The summed E-state index contributed by atoms with van der Waals surface area (Å²) in [7, 11) is 0. The van der Waals surface area contributed by atoms with E-state index in [1.165, 1.54) is 0 Å². The number of hydrogen-bond donors (Lipinski definition) is 0. The molecule has 4 aliphatic heterocycles. The minimum absolute atomic E-state index is 0.0411. The van der Waals surface area contributed by atoms with E-state index in [1.807, 2.05) is 48.5 Å². The van der Waals surface area contributed by atoms with Crippen molar-refractivity contribution in [3.05, 3.63) is 71.0 Å². The van der Waals surface area contributed by atoms with E-state index in [2.05, 4.69) is 16.4 Å². The molecule has 1 amide bonds. The molecule has 45 heavy (non-hydrogen) atoms. The Labute approximate surface area is 269 Å². The number of carbonyl (C=O) groups is 1. The number of carbonyl (C=O) groups excluding carboxylic acids is 1. The minimum Gasteiger partial charge on any atom is -0.461 e. The lowest BCUT2D eigenvalue weighted by molar-refractivity contribution is -0.130. The van der Waals surface area contributed by atoms with Crippen molar-refractivity contribution in [2.45, 2.75) is 49.5 Å². The highest BCUT2D eigenvalue weighted by molar-refractivity contribution is 6.38. The van der Waals surface area contributed by atoms with Crippen LogP contribution in [0.2, 0.25) is 10.0 Å². The number of alkyl halides is 1. The quantitative estimate of drug-likeness (QED) is 0.210. The first-order valence-corrected chi connectivity index (χ1v) is 16.1. The van der Waals surface area contributed by atoms with Gasteiger partial charge < -0.3 is 14.5 Å². The number of benzene rings is 3. The number of hydrogen-bond acceptors (Lipinski definition) is 6. The van der Waals surface area contributed by atoms with Crippen LogP contribution in [0.15, 0.2) is 60.9 Å². The van der Waals surface area contributed by atoms with Gasteiger partial charge in [0.05, 0.1) is 23.1 Å². The van der Waals surface area contributed by atoms with E-state index in [1.54, 1.807) is 4.90 Å². The van der Waals surface area contributed by atoms with Gasteiger partial charge in [-0.15, -0.1) is 0 Å². The monoisotopic (exact) mass is 649 g/mol. The van der Waals surface area contributed by atoms with Crippen molar-refractivity contribution in [1.29, 1.82) is 0 Å². The Morgan fingerprint density at radius 2 is 1.87 bits per heavy atom. The summed E-state index contributed by atoms with van der Waals surface area (Å²) in [6.07, 6.45) is 2.11. The van der Waals surface area contributed by atoms with Crippen LogP contribution in [0.5, 0.6) is 6.01 Å². The van der Waals surface area contributed by atoms with Crippen molar-refractivity contribution in [2.24, 2.45) is 0 Å². The summed E-state index contributed by atoms with van der Waals surface area (Å²) < 4.78 is 34.6. The normalized spacial score (nSPS) is 25.9. The Kier molecular flexibility index (Phi) is 6.93. The third-order valence-corrected chi connectivity index (χ3v) is 10.8. The molecular weight excluding hydrogens is 619 g/mol. The van der Waals surface area contributed by atoms with Crippen LogP contribution in [-0.4, -0.2) is 82.3 Å². The molecule has 11 heteroatoms. The Morgan fingerprint density at radius 3 is 2.69 bits per heavy atom. The summed E-state index contributed by atoms with van der Waals surface area (Å²) in [6, 6.07) is 15.6. The van der Waals surface area contributed by atoms with Crippen molar-refractivity contribution in [3.63, 3.8) is 0 Å². The summed E-state index contributed by atoms with van der Waals surface area (Å²) in [5, 5.41) is 3.77. The molecule has 1 aromatic heterocycles. The highest BCUT2D eigenvalue weighted by Crippen LogP contribution is 2.44. The van der Waals surface area contributed by atoms with Crippen molar-refractivity contribution < 1.29 is 18.3 Å². The van der Waals surface area contributed by atoms with Gasteiger partial charge in [0.1, 0.15) is 18.6 Å². The molecule has 5 heterocycles. The molecule has 1 unspecified atom stereocenters. The zero-order chi connectivity index (χ0) is 31.0. The number of ether oxygens (including phenoxy) is 1. The maximum Gasteiger partial charge on any atom is 0.319 e. The van der Waals surface area contributed by atoms with Crippen LogP contribution in [0, 0.1) is 0 Å². The summed E-state index contributed by atoms with van der Waals surface area (Å²) in [5.74, 6) is -0.972. The number of aromatic nitrogens is 2. The molecule has 0 aliphatic carbocycles. The van der Waals surface area contributed by atoms with Crippen LogP contribution < -0.4 is 9.64 Å². The third kappa shape index (κ3) is 4.65. The molecule has 3 aromatic carbocycles. The van der Waals surface area contributed by atoms with Crippen LogP contribution in [-0.2, 0) is 4.79 Å². The molecular formula is C34H31Cl2F2N5O2. The Bertz CT molecular complexity index is 1890. The van der Waals surface area contributed by atoms with Gasteiger partial charge in [0.15, 0.2) is 5.83 Å². The predicted octanol–water partition coefficient (Wildman–Crippen LogP) is 6.98. The SMILES string of the molecule is C=C(F)C(=O)N1CCC2[C@H]1CN2c1nc(OC[C@@]23CCCN2C[C@H](F)C3)nc2cc(-c3cccc4cccc(Cl)c34)c(Cl)cc12. The van der Waals surface area contributed by atoms with Crippen molar-refractivity contribution >= 4 is 56.6 Å². The molecule has 232 valence electrons. The molecule has 4 aromatic rings. The first-order valence-electron chi connectivity index (χ1n) is 15.4. The Hall–Kier alpha value is -3.53. The smallest absolute Gasteiger partial charge is 0.319 e. The molecule has 4 fully saturated rings. The lowest BCUT2D eigenvalue weighted by atomic mass is 9.94. The summed E-state index contributed by atoms with van der Waals surface area (Å²) in [5.41, 5.74) is 1.94. The van der Waals surface area contributed by atoms with Crippen LogP contribution in [0.1, 0.15) is 25.7 Å². The summed E-state index contributed by atoms with van der Waals surface area (Å²) >= 11 is 13.7.